The van der Waals surface area contributed by atoms with E-state index in [2.05, 4.69) is 91.8 Å². The largest absolute Gasteiger partial charge is 0.256 e. The monoisotopic (exact) mass is 307 g/mol. The Labute approximate surface area is 143 Å². The number of aromatic nitrogens is 1. The summed E-state index contributed by atoms with van der Waals surface area (Å²) < 4.78 is 0. The fourth-order valence-electron chi connectivity index (χ4n) is 3.35. The molecule has 0 radical (unpaired) electrons. The van der Waals surface area contributed by atoms with Gasteiger partial charge in [-0.25, -0.2) is 0 Å². The molecule has 1 nitrogen and oxygen atoms in total. The van der Waals surface area contributed by atoms with E-state index in [0.29, 0.717) is 6.71 Å². The first kappa shape index (κ1) is 14.7. The topological polar surface area (TPSA) is 12.9 Å². The predicted octanol–water partition coefficient (Wildman–Crippen LogP) is 4.14. The van der Waals surface area contributed by atoms with E-state index in [1.807, 2.05) is 6.20 Å². The highest BCUT2D eigenvalue weighted by Crippen LogP contribution is 2.25. The van der Waals surface area contributed by atoms with E-state index >= 15 is 0 Å². The molecule has 0 saturated heterocycles. The van der Waals surface area contributed by atoms with E-state index in [4.69, 9.17) is 4.98 Å². The van der Waals surface area contributed by atoms with E-state index in [1.165, 1.54) is 27.3 Å². The molecule has 0 atom stereocenters. The van der Waals surface area contributed by atoms with E-state index in [1.54, 1.807) is 0 Å². The zero-order valence-corrected chi connectivity index (χ0v) is 13.7. The maximum Gasteiger partial charge on any atom is 0.207 e. The molecule has 0 saturated carbocycles. The molecule has 0 aliphatic heterocycles. The molecule has 0 spiro atoms. The average molecular weight is 307 g/mol. The minimum absolute atomic E-state index is 0.322. The van der Waals surface area contributed by atoms with Crippen molar-refractivity contribution in [3.05, 3.63) is 91.1 Å². The third-order valence-corrected chi connectivity index (χ3v) is 4.66. The van der Waals surface area contributed by atoms with Crippen molar-refractivity contribution >= 4 is 28.4 Å². The quantitative estimate of drug-likeness (QED) is 0.518. The Kier molecular flexibility index (Phi) is 3.88. The Hall–Kier alpha value is -2.87. The van der Waals surface area contributed by atoms with Crippen molar-refractivity contribution < 1.29 is 0 Å². The standard InChI is InChI=1S/C22H18BN/c1-23(18-10-3-2-4-11-18)21-14-8-7-13-20(21)22-19-12-6-5-9-17(19)15-16-24-22/h2-16H,1H3. The summed E-state index contributed by atoms with van der Waals surface area (Å²) in [5, 5.41) is 2.43. The summed E-state index contributed by atoms with van der Waals surface area (Å²) in [6.07, 6.45) is 1.90. The smallest absolute Gasteiger partial charge is 0.207 e. The van der Waals surface area contributed by atoms with E-state index < -0.39 is 0 Å². The summed E-state index contributed by atoms with van der Waals surface area (Å²) >= 11 is 0. The lowest BCUT2D eigenvalue weighted by molar-refractivity contribution is 1.36. The Balaban J connectivity index is 1.91. The Morgan fingerprint density at radius 2 is 1.42 bits per heavy atom. The second kappa shape index (κ2) is 6.33. The van der Waals surface area contributed by atoms with Crippen LogP contribution in [0.15, 0.2) is 91.1 Å². The summed E-state index contributed by atoms with van der Waals surface area (Å²) in [7, 11) is 0. The molecule has 4 aromatic rings. The van der Waals surface area contributed by atoms with Gasteiger partial charge in [-0.15, -0.1) is 0 Å². The van der Waals surface area contributed by atoms with Gasteiger partial charge in [0.15, 0.2) is 0 Å². The minimum atomic E-state index is 0.322. The lowest BCUT2D eigenvalue weighted by atomic mass is 9.41. The number of hydrogen-bond acceptors (Lipinski definition) is 1. The Bertz CT molecular complexity index is 974. The molecule has 0 unspecified atom stereocenters. The summed E-state index contributed by atoms with van der Waals surface area (Å²) in [6.45, 7) is 2.59. The first-order chi connectivity index (χ1) is 11.8. The normalized spacial score (nSPS) is 10.7. The number of hydrogen-bond donors (Lipinski definition) is 0. The number of nitrogens with zero attached hydrogens (tertiary/aromatic N) is 1. The van der Waals surface area contributed by atoms with Gasteiger partial charge in [0.2, 0.25) is 6.71 Å². The van der Waals surface area contributed by atoms with Gasteiger partial charge >= 0.3 is 0 Å². The van der Waals surface area contributed by atoms with Crippen molar-refractivity contribution in [3.63, 3.8) is 0 Å². The van der Waals surface area contributed by atoms with Crippen molar-refractivity contribution in [2.24, 2.45) is 0 Å². The minimum Gasteiger partial charge on any atom is -0.256 e. The molecule has 1 heterocycles. The van der Waals surface area contributed by atoms with Crippen molar-refractivity contribution in [2.45, 2.75) is 6.82 Å². The highest BCUT2D eigenvalue weighted by atomic mass is 14.7. The van der Waals surface area contributed by atoms with Gasteiger partial charge < -0.3 is 0 Å². The van der Waals surface area contributed by atoms with Gasteiger partial charge in [0.1, 0.15) is 0 Å². The van der Waals surface area contributed by atoms with Crippen LogP contribution in [0.5, 0.6) is 0 Å². The third-order valence-electron chi connectivity index (χ3n) is 4.66. The van der Waals surface area contributed by atoms with Crippen LogP contribution < -0.4 is 10.9 Å². The SMILES string of the molecule is CB(c1ccccc1)c1ccccc1-c1nccc2ccccc12. The molecule has 0 aliphatic carbocycles. The third kappa shape index (κ3) is 2.61. The number of fused-ring (bicyclic) bond motifs is 1. The summed E-state index contributed by atoms with van der Waals surface area (Å²) in [5.41, 5.74) is 4.91. The Morgan fingerprint density at radius 1 is 0.708 bits per heavy atom. The van der Waals surface area contributed by atoms with Crippen LogP contribution in [0.2, 0.25) is 6.82 Å². The zero-order valence-electron chi connectivity index (χ0n) is 13.7. The molecule has 24 heavy (non-hydrogen) atoms. The highest BCUT2D eigenvalue weighted by Gasteiger charge is 2.18. The molecule has 0 aliphatic rings. The van der Waals surface area contributed by atoms with Gasteiger partial charge in [0.05, 0.1) is 5.69 Å². The molecule has 0 fully saturated rings. The van der Waals surface area contributed by atoms with Crippen LogP contribution >= 0.6 is 0 Å². The van der Waals surface area contributed by atoms with Gasteiger partial charge in [0, 0.05) is 11.6 Å². The van der Waals surface area contributed by atoms with Crippen LogP contribution in [0.3, 0.4) is 0 Å². The molecule has 0 amide bonds. The van der Waals surface area contributed by atoms with Crippen LogP contribution in [-0.2, 0) is 0 Å². The summed E-state index contributed by atoms with van der Waals surface area (Å²) in [6, 6.07) is 29.8. The lowest BCUT2D eigenvalue weighted by Gasteiger charge is -2.15. The van der Waals surface area contributed by atoms with Gasteiger partial charge in [-0.2, -0.15) is 0 Å². The van der Waals surface area contributed by atoms with E-state index in [9.17, 15) is 0 Å². The molecular formula is C22H18BN. The second-order valence-electron chi connectivity index (χ2n) is 6.10. The highest BCUT2D eigenvalue weighted by molar-refractivity contribution is 6.85. The Morgan fingerprint density at radius 3 is 2.29 bits per heavy atom. The van der Waals surface area contributed by atoms with Gasteiger partial charge in [-0.05, 0) is 17.0 Å². The van der Waals surface area contributed by atoms with Gasteiger partial charge in [-0.3, -0.25) is 4.98 Å². The van der Waals surface area contributed by atoms with Crippen LogP contribution in [0.25, 0.3) is 22.0 Å². The number of benzene rings is 3. The van der Waals surface area contributed by atoms with Gasteiger partial charge in [-0.1, -0.05) is 96.6 Å². The molecule has 0 bridgehead atoms. The first-order valence-corrected chi connectivity index (χ1v) is 8.32. The van der Waals surface area contributed by atoms with E-state index in [-0.39, 0.29) is 0 Å². The van der Waals surface area contributed by atoms with Crippen molar-refractivity contribution in [3.8, 4) is 11.3 Å². The molecular weight excluding hydrogens is 289 g/mol. The zero-order chi connectivity index (χ0) is 16.4. The summed E-state index contributed by atoms with van der Waals surface area (Å²) in [4.78, 5) is 4.71. The van der Waals surface area contributed by atoms with Crippen LogP contribution in [0, 0.1) is 0 Å². The van der Waals surface area contributed by atoms with E-state index in [0.717, 1.165) is 5.69 Å². The molecule has 1 aromatic heterocycles. The summed E-state index contributed by atoms with van der Waals surface area (Å²) in [5.74, 6) is 0. The maximum absolute atomic E-state index is 4.71. The predicted molar refractivity (Wildman–Crippen MR) is 105 cm³/mol. The fraction of sp³-hybridized carbons (Fsp3) is 0.0455. The van der Waals surface area contributed by atoms with Crippen LogP contribution in [0.4, 0.5) is 0 Å². The average Bonchev–Trinajstić information content (AvgIpc) is 2.68. The maximum atomic E-state index is 4.71. The number of pyridine rings is 1. The van der Waals surface area contributed by atoms with Crippen molar-refractivity contribution in [1.82, 2.24) is 4.98 Å². The second-order valence-corrected chi connectivity index (χ2v) is 6.10. The fourth-order valence-corrected chi connectivity index (χ4v) is 3.35. The number of rotatable bonds is 3. The van der Waals surface area contributed by atoms with Crippen molar-refractivity contribution in [2.75, 3.05) is 0 Å². The van der Waals surface area contributed by atoms with Crippen LogP contribution in [-0.4, -0.2) is 11.7 Å². The van der Waals surface area contributed by atoms with Crippen LogP contribution in [0.1, 0.15) is 0 Å². The molecule has 0 N–H and O–H groups in total. The first-order valence-electron chi connectivity index (χ1n) is 8.32. The van der Waals surface area contributed by atoms with Gasteiger partial charge in [0.25, 0.3) is 0 Å². The molecule has 2 heteroatoms. The van der Waals surface area contributed by atoms with Crippen molar-refractivity contribution in [1.29, 1.82) is 0 Å². The molecule has 3 aromatic carbocycles. The molecule has 4 rings (SSSR count). The molecule has 114 valence electrons. The lowest BCUT2D eigenvalue weighted by Crippen LogP contribution is -2.40.